The van der Waals surface area contributed by atoms with Gasteiger partial charge in [-0.1, -0.05) is 15.9 Å². The van der Waals surface area contributed by atoms with Crippen LogP contribution in [-0.4, -0.2) is 16.9 Å². The minimum Gasteiger partial charge on any atom is -0.494 e. The summed E-state index contributed by atoms with van der Waals surface area (Å²) in [6.45, 7) is 0.779. The normalized spacial score (nSPS) is 10.7. The van der Waals surface area contributed by atoms with Gasteiger partial charge in [-0.05, 0) is 25.0 Å². The Labute approximate surface area is 101 Å². The third-order valence-electron chi connectivity index (χ3n) is 2.10. The number of fused-ring (bicyclic) bond motifs is 1. The molecule has 0 aliphatic heterocycles. The van der Waals surface area contributed by atoms with Gasteiger partial charge in [0, 0.05) is 11.4 Å². The van der Waals surface area contributed by atoms with Crippen LogP contribution in [0.1, 0.15) is 12.8 Å². The highest BCUT2D eigenvalue weighted by Gasteiger charge is 1.99. The van der Waals surface area contributed by atoms with Crippen LogP contribution in [0.5, 0.6) is 5.75 Å². The van der Waals surface area contributed by atoms with Crippen molar-refractivity contribution < 1.29 is 4.74 Å². The van der Waals surface area contributed by atoms with Gasteiger partial charge in [0.15, 0.2) is 0 Å². The minimum atomic E-state index is 0.779. The van der Waals surface area contributed by atoms with Gasteiger partial charge in [0.2, 0.25) is 0 Å². The molecule has 0 aliphatic rings. The zero-order valence-electron chi connectivity index (χ0n) is 8.28. The molecule has 1 heterocycles. The molecule has 1 aromatic carbocycles. The molecule has 0 saturated carbocycles. The molecule has 80 valence electrons. The second-order valence-corrected chi connectivity index (χ2v) is 4.91. The van der Waals surface area contributed by atoms with Crippen molar-refractivity contribution in [2.45, 2.75) is 12.8 Å². The fourth-order valence-electron chi connectivity index (χ4n) is 1.31. The minimum absolute atomic E-state index is 0.779. The summed E-state index contributed by atoms with van der Waals surface area (Å²) in [6, 6.07) is 6.07. The lowest BCUT2D eigenvalue weighted by molar-refractivity contribution is 0.310. The van der Waals surface area contributed by atoms with Gasteiger partial charge >= 0.3 is 0 Å². The third-order valence-corrected chi connectivity index (χ3v) is 3.47. The molecule has 0 radical (unpaired) electrons. The van der Waals surface area contributed by atoms with Crippen molar-refractivity contribution in [2.75, 3.05) is 11.9 Å². The van der Waals surface area contributed by atoms with E-state index in [0.717, 1.165) is 36.0 Å². The van der Waals surface area contributed by atoms with Crippen LogP contribution in [0.4, 0.5) is 0 Å². The average molecular weight is 286 g/mol. The SMILES string of the molecule is BrCCCCOc1ccc2scnc2c1. The van der Waals surface area contributed by atoms with Crippen LogP contribution >= 0.6 is 27.3 Å². The number of alkyl halides is 1. The van der Waals surface area contributed by atoms with Gasteiger partial charge in [-0.15, -0.1) is 11.3 Å². The Morgan fingerprint density at radius 1 is 1.33 bits per heavy atom. The van der Waals surface area contributed by atoms with Gasteiger partial charge in [-0.25, -0.2) is 4.98 Å². The van der Waals surface area contributed by atoms with Crippen LogP contribution in [0, 0.1) is 0 Å². The van der Waals surface area contributed by atoms with Gasteiger partial charge in [0.25, 0.3) is 0 Å². The molecule has 2 aromatic rings. The molecule has 2 rings (SSSR count). The number of unbranched alkanes of at least 4 members (excludes halogenated alkanes) is 1. The van der Waals surface area contributed by atoms with Gasteiger partial charge in [-0.3, -0.25) is 0 Å². The summed E-state index contributed by atoms with van der Waals surface area (Å²) in [5.41, 5.74) is 2.89. The highest BCUT2D eigenvalue weighted by Crippen LogP contribution is 2.22. The van der Waals surface area contributed by atoms with E-state index in [9.17, 15) is 0 Å². The Morgan fingerprint density at radius 3 is 3.13 bits per heavy atom. The van der Waals surface area contributed by atoms with E-state index >= 15 is 0 Å². The molecule has 0 amide bonds. The first kappa shape index (κ1) is 10.9. The lowest BCUT2D eigenvalue weighted by Gasteiger charge is -2.04. The van der Waals surface area contributed by atoms with Crippen LogP contribution in [0.25, 0.3) is 10.2 Å². The fourth-order valence-corrected chi connectivity index (χ4v) is 2.37. The lowest BCUT2D eigenvalue weighted by atomic mass is 10.3. The van der Waals surface area contributed by atoms with Gasteiger partial charge in [-0.2, -0.15) is 0 Å². The highest BCUT2D eigenvalue weighted by atomic mass is 79.9. The summed E-state index contributed by atoms with van der Waals surface area (Å²) in [5.74, 6) is 0.919. The summed E-state index contributed by atoms with van der Waals surface area (Å²) < 4.78 is 6.84. The first-order valence-corrected chi connectivity index (χ1v) is 6.92. The van der Waals surface area contributed by atoms with E-state index in [4.69, 9.17) is 4.74 Å². The number of thiazole rings is 1. The average Bonchev–Trinajstić information content (AvgIpc) is 2.71. The van der Waals surface area contributed by atoms with E-state index < -0.39 is 0 Å². The molecule has 0 fully saturated rings. The molecule has 0 N–H and O–H groups in total. The number of benzene rings is 1. The largest absolute Gasteiger partial charge is 0.494 e. The number of hydrogen-bond acceptors (Lipinski definition) is 3. The zero-order chi connectivity index (χ0) is 10.5. The Balaban J connectivity index is 1.96. The first-order chi connectivity index (χ1) is 7.40. The van der Waals surface area contributed by atoms with Crippen molar-refractivity contribution in [1.82, 2.24) is 4.98 Å². The Bertz CT molecular complexity index is 429. The first-order valence-electron chi connectivity index (χ1n) is 4.92. The van der Waals surface area contributed by atoms with Crippen LogP contribution in [-0.2, 0) is 0 Å². The molecule has 4 heteroatoms. The number of halogens is 1. The lowest BCUT2D eigenvalue weighted by Crippen LogP contribution is -1.97. The summed E-state index contributed by atoms with van der Waals surface area (Å²) in [6.07, 6.45) is 2.24. The van der Waals surface area contributed by atoms with Crippen molar-refractivity contribution in [3.63, 3.8) is 0 Å². The molecule has 1 aromatic heterocycles. The van der Waals surface area contributed by atoms with Gasteiger partial charge in [0.05, 0.1) is 22.3 Å². The Kier molecular flexibility index (Phi) is 3.97. The monoisotopic (exact) mass is 285 g/mol. The number of hydrogen-bond donors (Lipinski definition) is 0. The molecule has 0 spiro atoms. The zero-order valence-corrected chi connectivity index (χ0v) is 10.7. The van der Waals surface area contributed by atoms with E-state index in [2.05, 4.69) is 27.0 Å². The van der Waals surface area contributed by atoms with Crippen molar-refractivity contribution >= 4 is 37.5 Å². The van der Waals surface area contributed by atoms with Gasteiger partial charge in [0.1, 0.15) is 5.75 Å². The quantitative estimate of drug-likeness (QED) is 0.615. The van der Waals surface area contributed by atoms with E-state index in [0.29, 0.717) is 0 Å². The Hall–Kier alpha value is -0.610. The number of rotatable bonds is 5. The number of aromatic nitrogens is 1. The number of ether oxygens (including phenoxy) is 1. The van der Waals surface area contributed by atoms with E-state index in [1.54, 1.807) is 11.3 Å². The summed E-state index contributed by atoms with van der Waals surface area (Å²) in [7, 11) is 0. The number of nitrogens with zero attached hydrogens (tertiary/aromatic N) is 1. The van der Waals surface area contributed by atoms with Crippen molar-refractivity contribution in [3.8, 4) is 5.75 Å². The Morgan fingerprint density at radius 2 is 2.27 bits per heavy atom. The third kappa shape index (κ3) is 2.92. The highest BCUT2D eigenvalue weighted by molar-refractivity contribution is 9.09. The van der Waals surface area contributed by atoms with Crippen LogP contribution in [0.15, 0.2) is 23.7 Å². The molecular weight excluding hydrogens is 274 g/mol. The van der Waals surface area contributed by atoms with Crippen molar-refractivity contribution in [1.29, 1.82) is 0 Å². The standard InChI is InChI=1S/C11H12BrNOS/c12-5-1-2-6-14-9-3-4-11-10(7-9)13-8-15-11/h3-4,7-8H,1-2,5-6H2. The van der Waals surface area contributed by atoms with E-state index in [1.165, 1.54) is 4.70 Å². The predicted molar refractivity (Wildman–Crippen MR) is 68.1 cm³/mol. The van der Waals surface area contributed by atoms with Gasteiger partial charge < -0.3 is 4.74 Å². The van der Waals surface area contributed by atoms with E-state index in [-0.39, 0.29) is 0 Å². The molecule has 0 aliphatic carbocycles. The molecule has 0 atom stereocenters. The molecular formula is C11H12BrNOS. The van der Waals surface area contributed by atoms with Crippen LogP contribution < -0.4 is 4.74 Å². The fraction of sp³-hybridized carbons (Fsp3) is 0.364. The molecule has 0 saturated heterocycles. The maximum Gasteiger partial charge on any atom is 0.121 e. The topological polar surface area (TPSA) is 22.1 Å². The predicted octanol–water partition coefficient (Wildman–Crippen LogP) is 3.85. The molecule has 0 bridgehead atoms. The molecule has 15 heavy (non-hydrogen) atoms. The van der Waals surface area contributed by atoms with Crippen LogP contribution in [0.3, 0.4) is 0 Å². The van der Waals surface area contributed by atoms with Crippen molar-refractivity contribution in [2.24, 2.45) is 0 Å². The molecule has 0 unspecified atom stereocenters. The second kappa shape index (κ2) is 5.47. The smallest absolute Gasteiger partial charge is 0.121 e. The second-order valence-electron chi connectivity index (χ2n) is 3.23. The summed E-state index contributed by atoms with van der Waals surface area (Å²) in [4.78, 5) is 4.25. The molecule has 2 nitrogen and oxygen atoms in total. The van der Waals surface area contributed by atoms with Crippen molar-refractivity contribution in [3.05, 3.63) is 23.7 Å². The van der Waals surface area contributed by atoms with E-state index in [1.807, 2.05) is 17.6 Å². The summed E-state index contributed by atoms with van der Waals surface area (Å²) in [5, 5.41) is 1.04. The van der Waals surface area contributed by atoms with Crippen LogP contribution in [0.2, 0.25) is 0 Å². The maximum atomic E-state index is 5.63. The maximum absolute atomic E-state index is 5.63. The summed E-state index contributed by atoms with van der Waals surface area (Å²) >= 11 is 5.05.